The van der Waals surface area contributed by atoms with Crippen molar-refractivity contribution in [1.82, 2.24) is 9.97 Å². The Morgan fingerprint density at radius 1 is 0.983 bits per heavy atom. The second-order valence-corrected chi connectivity index (χ2v) is 23.2. The summed E-state index contributed by atoms with van der Waals surface area (Å²) < 4.78 is 24.0. The number of pyridine rings is 2. The van der Waals surface area contributed by atoms with E-state index in [1.807, 2.05) is 75.4 Å². The van der Waals surface area contributed by atoms with Gasteiger partial charge >= 0.3 is 12.1 Å². The average Bonchev–Trinajstić information content (AvgIpc) is 3.17. The smallest absolute Gasteiger partial charge is 0.412 e. The Bertz CT molecular complexity index is 2180. The Morgan fingerprint density at radius 2 is 1.75 bits per heavy atom. The van der Waals surface area contributed by atoms with Gasteiger partial charge in [-0.25, -0.2) is 9.78 Å². The lowest BCUT2D eigenvalue weighted by Crippen LogP contribution is -2.55. The van der Waals surface area contributed by atoms with E-state index in [-0.39, 0.29) is 65.6 Å². The second kappa shape index (κ2) is 18.1. The molecule has 4 aromatic rings. The highest BCUT2D eigenvalue weighted by molar-refractivity contribution is 6.74. The van der Waals surface area contributed by atoms with Crippen molar-refractivity contribution in [2.24, 2.45) is 11.8 Å². The van der Waals surface area contributed by atoms with Gasteiger partial charge in [-0.2, -0.15) is 0 Å². The number of hydrogen-bond acceptors (Lipinski definition) is 10. The standard InChI is InChI=1S/C47H60N4O7Si/c1-31-28-51(29-37(26-42(53)57-46(2,3)4)44(31)58-59(8,9)47(5,6)7)40-17-20-48-27-36(40)25-41(52)43-39(50-45(54)56-30-32-13-11-10-12-14-32)24-35-16-15-34(23-38(35)49-43)33-18-21-55-22-19-33/h10-18,20,23-24,27,31,37,44H,19,21-22,25-26,28-30H2,1-9H3,(H,50,54)/t31-,37+,44+/m0/s1. The molecule has 11 nitrogen and oxygen atoms in total. The number of aromatic nitrogens is 2. The molecule has 3 atom stereocenters. The first-order valence-corrected chi connectivity index (χ1v) is 23.6. The summed E-state index contributed by atoms with van der Waals surface area (Å²) in [5.74, 6) is -0.627. The summed E-state index contributed by atoms with van der Waals surface area (Å²) in [5.41, 5.74) is 4.99. The maximum Gasteiger partial charge on any atom is 0.412 e. The summed E-state index contributed by atoms with van der Waals surface area (Å²) >= 11 is 0. The molecule has 2 aromatic carbocycles. The molecule has 0 unspecified atom stereocenters. The maximum absolute atomic E-state index is 14.6. The summed E-state index contributed by atoms with van der Waals surface area (Å²) in [5, 5.41) is 3.58. The van der Waals surface area contributed by atoms with Gasteiger partial charge in [-0.15, -0.1) is 0 Å². The number of carbonyl (C=O) groups excluding carboxylic acids is 3. The van der Waals surface area contributed by atoms with Gasteiger partial charge in [0.1, 0.15) is 17.9 Å². The minimum Gasteiger partial charge on any atom is -0.460 e. The number of rotatable bonds is 12. The van der Waals surface area contributed by atoms with Crippen molar-refractivity contribution < 1.29 is 33.0 Å². The molecule has 0 saturated carbocycles. The van der Waals surface area contributed by atoms with E-state index in [4.69, 9.17) is 23.6 Å². The summed E-state index contributed by atoms with van der Waals surface area (Å²) in [6.45, 7) is 21.5. The molecule has 4 heterocycles. The number of Topliss-reactive ketones (excluding diaryl/α,β-unsaturated/α-hetero) is 1. The Balaban J connectivity index is 1.30. The summed E-state index contributed by atoms with van der Waals surface area (Å²) in [4.78, 5) is 52.8. The zero-order valence-electron chi connectivity index (χ0n) is 36.1. The minimum absolute atomic E-state index is 0.00816. The maximum atomic E-state index is 14.6. The highest BCUT2D eigenvalue weighted by Gasteiger charge is 2.45. The molecule has 6 rings (SSSR count). The molecule has 0 radical (unpaired) electrons. The topological polar surface area (TPSA) is 129 Å². The number of nitrogens with zero attached hydrogens (tertiary/aromatic N) is 3. The Labute approximate surface area is 350 Å². The van der Waals surface area contributed by atoms with Gasteiger partial charge in [0.05, 0.1) is 36.9 Å². The Hall–Kier alpha value is -4.91. The predicted octanol–water partition coefficient (Wildman–Crippen LogP) is 9.80. The van der Waals surface area contributed by atoms with Gasteiger partial charge in [0.15, 0.2) is 14.1 Å². The molecule has 1 amide bonds. The number of anilines is 2. The third-order valence-corrected chi connectivity index (χ3v) is 16.0. The first kappa shape index (κ1) is 43.7. The van der Waals surface area contributed by atoms with Gasteiger partial charge in [0, 0.05) is 54.5 Å². The summed E-state index contributed by atoms with van der Waals surface area (Å²) in [7, 11) is -2.20. The molecule has 0 bridgehead atoms. The van der Waals surface area contributed by atoms with Gasteiger partial charge < -0.3 is 23.5 Å². The van der Waals surface area contributed by atoms with Crippen LogP contribution in [0.25, 0.3) is 16.5 Å². The van der Waals surface area contributed by atoms with E-state index in [2.05, 4.69) is 62.1 Å². The van der Waals surface area contributed by atoms with E-state index < -0.39 is 20.0 Å². The molecule has 0 aliphatic carbocycles. The summed E-state index contributed by atoms with van der Waals surface area (Å²) in [6.07, 6.45) is 5.64. The monoisotopic (exact) mass is 820 g/mol. The van der Waals surface area contributed by atoms with Crippen molar-refractivity contribution in [3.63, 3.8) is 0 Å². The fraction of sp³-hybridized carbons (Fsp3) is 0.468. The predicted molar refractivity (Wildman–Crippen MR) is 235 cm³/mol. The van der Waals surface area contributed by atoms with Crippen molar-refractivity contribution in [2.75, 3.05) is 36.5 Å². The fourth-order valence-corrected chi connectivity index (χ4v) is 8.99. The number of carbonyl (C=O) groups is 3. The molecule has 2 aromatic heterocycles. The van der Waals surface area contributed by atoms with E-state index in [1.165, 1.54) is 0 Å². The number of esters is 1. The minimum atomic E-state index is -2.20. The number of ether oxygens (including phenoxy) is 3. The van der Waals surface area contributed by atoms with Gasteiger partial charge in [0.25, 0.3) is 0 Å². The van der Waals surface area contributed by atoms with Crippen molar-refractivity contribution in [3.8, 4) is 0 Å². The number of fused-ring (bicyclic) bond motifs is 1. The van der Waals surface area contributed by atoms with Crippen LogP contribution in [0, 0.1) is 11.8 Å². The van der Waals surface area contributed by atoms with Crippen LogP contribution >= 0.6 is 0 Å². The average molecular weight is 821 g/mol. The van der Waals surface area contributed by atoms with Crippen molar-refractivity contribution >= 4 is 54.0 Å². The fourth-order valence-electron chi connectivity index (χ4n) is 7.54. The van der Waals surface area contributed by atoms with Crippen LogP contribution in [-0.2, 0) is 36.5 Å². The molecule has 12 heteroatoms. The lowest BCUT2D eigenvalue weighted by molar-refractivity contribution is -0.157. The molecule has 59 heavy (non-hydrogen) atoms. The Morgan fingerprint density at radius 3 is 2.44 bits per heavy atom. The number of nitrogens with one attached hydrogen (secondary N) is 1. The van der Waals surface area contributed by atoms with Crippen LogP contribution in [0.1, 0.15) is 88.5 Å². The van der Waals surface area contributed by atoms with Crippen molar-refractivity contribution in [3.05, 3.63) is 102 Å². The van der Waals surface area contributed by atoms with Gasteiger partial charge in [-0.1, -0.05) is 76.2 Å². The van der Waals surface area contributed by atoms with E-state index in [0.29, 0.717) is 37.4 Å². The summed E-state index contributed by atoms with van der Waals surface area (Å²) in [6, 6.07) is 19.1. The SMILES string of the molecule is C[C@H]1CN(c2ccncc2CC(=O)c2nc3cc(C4=CCOCC4)ccc3cc2NC(=O)OCc2ccccc2)C[C@@H](CC(=O)OC(C)(C)C)[C@@H]1O[Si](C)(C)C(C)(C)C. The normalized spacial score (nSPS) is 18.9. The van der Waals surface area contributed by atoms with Gasteiger partial charge in [-0.3, -0.25) is 19.9 Å². The van der Waals surface area contributed by atoms with Crippen molar-refractivity contribution in [1.29, 1.82) is 0 Å². The number of amides is 1. The molecule has 314 valence electrons. The molecule has 0 spiro atoms. The third kappa shape index (κ3) is 11.2. The number of piperidine rings is 1. The molecule has 1 saturated heterocycles. The zero-order valence-corrected chi connectivity index (χ0v) is 37.1. The molecule has 2 aliphatic heterocycles. The second-order valence-electron chi connectivity index (χ2n) is 18.4. The third-order valence-electron chi connectivity index (χ3n) is 11.5. The van der Waals surface area contributed by atoms with Crippen LogP contribution < -0.4 is 10.2 Å². The van der Waals surface area contributed by atoms with Crippen LogP contribution in [0.4, 0.5) is 16.2 Å². The van der Waals surface area contributed by atoms with Crippen LogP contribution in [0.2, 0.25) is 18.1 Å². The highest BCUT2D eigenvalue weighted by atomic mass is 28.4. The molecule has 1 fully saturated rings. The lowest BCUT2D eigenvalue weighted by Gasteiger charge is -2.48. The van der Waals surface area contributed by atoms with E-state index >= 15 is 0 Å². The number of ketones is 1. The van der Waals surface area contributed by atoms with Crippen molar-refractivity contribution in [2.45, 2.75) is 104 Å². The molecular formula is C47H60N4O7Si. The van der Waals surface area contributed by atoms with Crippen LogP contribution in [0.3, 0.4) is 0 Å². The number of hydrogen-bond donors (Lipinski definition) is 1. The van der Waals surface area contributed by atoms with E-state index in [9.17, 15) is 14.4 Å². The molecular weight excluding hydrogens is 761 g/mol. The van der Waals surface area contributed by atoms with Gasteiger partial charge in [-0.05, 0) is 86.1 Å². The van der Waals surface area contributed by atoms with Gasteiger partial charge in [0.2, 0.25) is 0 Å². The first-order valence-electron chi connectivity index (χ1n) is 20.7. The zero-order chi connectivity index (χ0) is 42.5. The molecule has 1 N–H and O–H groups in total. The first-order chi connectivity index (χ1) is 27.9. The number of benzene rings is 2. The van der Waals surface area contributed by atoms with Crippen LogP contribution in [0.15, 0.2) is 79.1 Å². The Kier molecular flexibility index (Phi) is 13.4. The lowest BCUT2D eigenvalue weighted by atomic mass is 9.84. The largest absolute Gasteiger partial charge is 0.460 e. The van der Waals surface area contributed by atoms with E-state index in [0.717, 1.165) is 34.2 Å². The quantitative estimate of drug-likeness (QED) is 0.0838. The molecule has 2 aliphatic rings. The van der Waals surface area contributed by atoms with E-state index in [1.54, 1.807) is 18.5 Å². The van der Waals surface area contributed by atoms with Crippen LogP contribution in [-0.4, -0.2) is 74.1 Å². The highest BCUT2D eigenvalue weighted by Crippen LogP contribution is 2.42. The van der Waals surface area contributed by atoms with Crippen LogP contribution in [0.5, 0.6) is 0 Å².